The second kappa shape index (κ2) is 10.1. The first-order valence-corrected chi connectivity index (χ1v) is 12.5. The first-order valence-electron chi connectivity index (χ1n) is 9.61. The van der Waals surface area contributed by atoms with E-state index in [-0.39, 0.29) is 5.04 Å². The highest BCUT2D eigenvalue weighted by atomic mass is 28.4. The molecule has 0 heterocycles. The van der Waals surface area contributed by atoms with Crippen LogP contribution in [0.25, 0.3) is 0 Å². The molecule has 25 heavy (non-hydrogen) atoms. The molecule has 0 aliphatic rings. The summed E-state index contributed by atoms with van der Waals surface area (Å²) in [6, 6.07) is 10.7. The summed E-state index contributed by atoms with van der Waals surface area (Å²) in [6.45, 7) is 16.8. The highest BCUT2D eigenvalue weighted by Crippen LogP contribution is 2.36. The SMILES string of the molecule is C/C(=C\CCc1ccccc1)CC/C=C(\C)CO[Si](C)(C)C(C)(C)C. The number of aryl methyl sites for hydroxylation is 1. The molecular weight excluding hydrogens is 320 g/mol. The molecule has 0 fully saturated rings. The van der Waals surface area contributed by atoms with Crippen molar-refractivity contribution in [1.29, 1.82) is 0 Å². The van der Waals surface area contributed by atoms with Crippen molar-refractivity contribution in [2.45, 2.75) is 78.4 Å². The predicted octanol–water partition coefficient (Wildman–Crippen LogP) is 7.31. The van der Waals surface area contributed by atoms with Crippen molar-refractivity contribution in [3.05, 3.63) is 59.2 Å². The fraction of sp³-hybridized carbons (Fsp3) is 0.565. The van der Waals surface area contributed by atoms with E-state index in [1.165, 1.54) is 16.7 Å². The van der Waals surface area contributed by atoms with Crippen molar-refractivity contribution in [2.24, 2.45) is 0 Å². The zero-order chi connectivity index (χ0) is 18.9. The lowest BCUT2D eigenvalue weighted by molar-refractivity contribution is 0.318. The van der Waals surface area contributed by atoms with Crippen LogP contribution in [0.3, 0.4) is 0 Å². The Kier molecular flexibility index (Phi) is 8.88. The summed E-state index contributed by atoms with van der Waals surface area (Å²) in [7, 11) is -1.63. The zero-order valence-electron chi connectivity index (χ0n) is 17.5. The van der Waals surface area contributed by atoms with Crippen LogP contribution in [0.5, 0.6) is 0 Å². The molecule has 0 N–H and O–H groups in total. The molecule has 0 unspecified atom stereocenters. The number of benzene rings is 1. The Hall–Kier alpha value is -1.12. The van der Waals surface area contributed by atoms with Gasteiger partial charge in [0.25, 0.3) is 0 Å². The van der Waals surface area contributed by atoms with Gasteiger partial charge in [-0.3, -0.25) is 0 Å². The Morgan fingerprint density at radius 2 is 1.56 bits per heavy atom. The van der Waals surface area contributed by atoms with Gasteiger partial charge in [0, 0.05) is 0 Å². The third kappa shape index (κ3) is 8.69. The molecule has 0 atom stereocenters. The van der Waals surface area contributed by atoms with Gasteiger partial charge in [-0.2, -0.15) is 0 Å². The van der Waals surface area contributed by atoms with Crippen molar-refractivity contribution < 1.29 is 4.43 Å². The van der Waals surface area contributed by atoms with Gasteiger partial charge >= 0.3 is 0 Å². The van der Waals surface area contributed by atoms with Crippen molar-refractivity contribution in [2.75, 3.05) is 6.61 Å². The monoisotopic (exact) mass is 358 g/mol. The third-order valence-electron chi connectivity index (χ3n) is 5.27. The summed E-state index contributed by atoms with van der Waals surface area (Å²) in [4.78, 5) is 0. The summed E-state index contributed by atoms with van der Waals surface area (Å²) in [5, 5.41) is 0.283. The third-order valence-corrected chi connectivity index (χ3v) is 9.75. The summed E-state index contributed by atoms with van der Waals surface area (Å²) in [6.07, 6.45) is 9.26. The Morgan fingerprint density at radius 1 is 0.960 bits per heavy atom. The van der Waals surface area contributed by atoms with Crippen LogP contribution in [0, 0.1) is 0 Å². The fourth-order valence-corrected chi connectivity index (χ4v) is 3.37. The molecule has 1 rings (SSSR count). The molecule has 0 aliphatic carbocycles. The maximum absolute atomic E-state index is 6.28. The van der Waals surface area contributed by atoms with E-state index in [0.29, 0.717) is 0 Å². The van der Waals surface area contributed by atoms with Crippen LogP contribution in [-0.2, 0) is 10.8 Å². The standard InChI is InChI=1S/C23H38OSi/c1-20(14-12-18-22-16-9-8-10-17-22)13-11-15-21(2)19-24-25(6,7)23(3,4)5/h8-10,14-17H,11-13,18-19H2,1-7H3/b20-14+,21-15+. The van der Waals surface area contributed by atoms with Crippen LogP contribution in [0.2, 0.25) is 18.1 Å². The van der Waals surface area contributed by atoms with Crippen LogP contribution >= 0.6 is 0 Å². The second-order valence-corrected chi connectivity index (χ2v) is 13.5. The van der Waals surface area contributed by atoms with Gasteiger partial charge in [-0.1, -0.05) is 74.4 Å². The maximum atomic E-state index is 6.28. The fourth-order valence-electron chi connectivity index (χ4n) is 2.35. The van der Waals surface area contributed by atoms with Gasteiger partial charge in [-0.05, 0) is 63.2 Å². The molecule has 1 aromatic rings. The quantitative estimate of drug-likeness (QED) is 0.332. The van der Waals surface area contributed by atoms with Gasteiger partial charge in [0.15, 0.2) is 8.32 Å². The minimum atomic E-state index is -1.63. The molecule has 0 bridgehead atoms. The Balaban J connectivity index is 2.32. The number of hydrogen-bond donors (Lipinski definition) is 0. The van der Waals surface area contributed by atoms with Gasteiger partial charge in [0.2, 0.25) is 0 Å². The molecule has 0 aromatic heterocycles. The lowest BCUT2D eigenvalue weighted by Gasteiger charge is -2.36. The largest absolute Gasteiger partial charge is 0.413 e. The van der Waals surface area contributed by atoms with Crippen LogP contribution < -0.4 is 0 Å². The van der Waals surface area contributed by atoms with E-state index in [2.05, 4.69) is 90.2 Å². The Bertz CT molecular complexity index is 562. The van der Waals surface area contributed by atoms with E-state index in [9.17, 15) is 0 Å². The molecular formula is C23H38OSi. The van der Waals surface area contributed by atoms with E-state index >= 15 is 0 Å². The predicted molar refractivity (Wildman–Crippen MR) is 115 cm³/mol. The zero-order valence-corrected chi connectivity index (χ0v) is 18.5. The molecule has 1 aromatic carbocycles. The molecule has 0 radical (unpaired) electrons. The highest BCUT2D eigenvalue weighted by Gasteiger charge is 2.36. The summed E-state index contributed by atoms with van der Waals surface area (Å²) < 4.78 is 6.28. The summed E-state index contributed by atoms with van der Waals surface area (Å²) >= 11 is 0. The average Bonchev–Trinajstić information content (AvgIpc) is 2.53. The minimum Gasteiger partial charge on any atom is -0.413 e. The van der Waals surface area contributed by atoms with Crippen LogP contribution in [0.15, 0.2) is 53.6 Å². The van der Waals surface area contributed by atoms with Crippen LogP contribution in [0.1, 0.15) is 59.4 Å². The molecule has 0 saturated carbocycles. The highest BCUT2D eigenvalue weighted by molar-refractivity contribution is 6.74. The minimum absolute atomic E-state index is 0.283. The Morgan fingerprint density at radius 3 is 2.16 bits per heavy atom. The van der Waals surface area contributed by atoms with Gasteiger partial charge < -0.3 is 4.43 Å². The molecule has 0 saturated heterocycles. The molecule has 1 nitrogen and oxygen atoms in total. The lowest BCUT2D eigenvalue weighted by atomic mass is 10.1. The molecule has 0 spiro atoms. The normalized spacial score (nSPS) is 14.0. The summed E-state index contributed by atoms with van der Waals surface area (Å²) in [5.74, 6) is 0. The van der Waals surface area contributed by atoms with Gasteiger partial charge in [0.1, 0.15) is 0 Å². The number of hydrogen-bond acceptors (Lipinski definition) is 1. The van der Waals surface area contributed by atoms with Gasteiger partial charge in [0.05, 0.1) is 6.61 Å². The molecule has 0 aliphatic heterocycles. The lowest BCUT2D eigenvalue weighted by Crippen LogP contribution is -2.41. The number of rotatable bonds is 9. The van der Waals surface area contributed by atoms with Crippen molar-refractivity contribution >= 4 is 8.32 Å². The van der Waals surface area contributed by atoms with Gasteiger partial charge in [-0.15, -0.1) is 0 Å². The molecule has 0 amide bonds. The maximum Gasteiger partial charge on any atom is 0.192 e. The Labute approximate surface area is 157 Å². The average molecular weight is 359 g/mol. The molecule has 2 heteroatoms. The van der Waals surface area contributed by atoms with Crippen molar-refractivity contribution in [3.63, 3.8) is 0 Å². The van der Waals surface area contributed by atoms with Crippen molar-refractivity contribution in [1.82, 2.24) is 0 Å². The van der Waals surface area contributed by atoms with Gasteiger partial charge in [-0.25, -0.2) is 0 Å². The van der Waals surface area contributed by atoms with Crippen molar-refractivity contribution in [3.8, 4) is 0 Å². The van der Waals surface area contributed by atoms with Crippen LogP contribution in [-0.4, -0.2) is 14.9 Å². The molecule has 140 valence electrons. The summed E-state index contributed by atoms with van der Waals surface area (Å²) in [5.41, 5.74) is 4.28. The van der Waals surface area contributed by atoms with E-state index in [1.807, 2.05) is 0 Å². The van der Waals surface area contributed by atoms with E-state index in [1.54, 1.807) is 0 Å². The van der Waals surface area contributed by atoms with Crippen LogP contribution in [0.4, 0.5) is 0 Å². The smallest absolute Gasteiger partial charge is 0.192 e. The second-order valence-electron chi connectivity index (χ2n) is 8.71. The topological polar surface area (TPSA) is 9.23 Å². The number of allylic oxidation sites excluding steroid dienone is 3. The van der Waals surface area contributed by atoms with E-state index < -0.39 is 8.32 Å². The first kappa shape index (κ1) is 21.9. The van der Waals surface area contributed by atoms with E-state index in [0.717, 1.165) is 32.3 Å². The van der Waals surface area contributed by atoms with E-state index in [4.69, 9.17) is 4.43 Å². The first-order chi connectivity index (χ1) is 11.6.